The van der Waals surface area contributed by atoms with E-state index >= 15 is 0 Å². The van der Waals surface area contributed by atoms with Crippen LogP contribution in [0.25, 0.3) is 0 Å². The Kier molecular flexibility index (Phi) is 8.49. The SMILES string of the molecule is CN1CC[C@H](Oc2ccc(F)cc2)[C@@H](c2ccccc2F)C1.O=C(O)/C=C/C(=O)O. The third-order valence-corrected chi connectivity index (χ3v) is 4.53. The van der Waals surface area contributed by atoms with Gasteiger partial charge in [0.2, 0.25) is 0 Å². The fraction of sp³-hybridized carbons (Fsp3) is 0.273. The number of hydrogen-bond acceptors (Lipinski definition) is 4. The number of aliphatic carboxylic acids is 2. The van der Waals surface area contributed by atoms with Gasteiger partial charge in [-0.2, -0.15) is 0 Å². The Labute approximate surface area is 173 Å². The minimum absolute atomic E-state index is 0.0370. The monoisotopic (exact) mass is 419 g/mol. The minimum atomic E-state index is -1.26. The molecular weight excluding hydrogens is 396 g/mol. The second-order valence-corrected chi connectivity index (χ2v) is 6.80. The van der Waals surface area contributed by atoms with Crippen LogP contribution in [-0.4, -0.2) is 53.3 Å². The van der Waals surface area contributed by atoms with Crippen LogP contribution in [-0.2, 0) is 9.59 Å². The Balaban J connectivity index is 0.000000343. The number of carboxylic acid groups (broad SMARTS) is 2. The summed E-state index contributed by atoms with van der Waals surface area (Å²) in [6.07, 6.45) is 1.82. The van der Waals surface area contributed by atoms with Crippen molar-refractivity contribution >= 4 is 11.9 Å². The van der Waals surface area contributed by atoms with Crippen molar-refractivity contribution in [3.05, 3.63) is 77.9 Å². The summed E-state index contributed by atoms with van der Waals surface area (Å²) in [5.74, 6) is -2.42. The molecule has 0 bridgehead atoms. The average molecular weight is 419 g/mol. The normalized spacial score (nSPS) is 19.0. The molecule has 0 aromatic heterocycles. The molecule has 6 nitrogen and oxygen atoms in total. The van der Waals surface area contributed by atoms with Gasteiger partial charge < -0.3 is 19.8 Å². The molecule has 2 N–H and O–H groups in total. The lowest BCUT2D eigenvalue weighted by Gasteiger charge is -2.37. The molecule has 2 atom stereocenters. The summed E-state index contributed by atoms with van der Waals surface area (Å²) in [6, 6.07) is 12.8. The summed E-state index contributed by atoms with van der Waals surface area (Å²) < 4.78 is 33.2. The molecule has 3 rings (SSSR count). The van der Waals surface area contributed by atoms with Crippen molar-refractivity contribution in [3.8, 4) is 5.75 Å². The third kappa shape index (κ3) is 7.29. The Morgan fingerprint density at radius 3 is 2.20 bits per heavy atom. The topological polar surface area (TPSA) is 87.1 Å². The van der Waals surface area contributed by atoms with Crippen molar-refractivity contribution in [3.63, 3.8) is 0 Å². The number of ether oxygens (including phenoxy) is 1. The fourth-order valence-electron chi connectivity index (χ4n) is 3.14. The van der Waals surface area contributed by atoms with Crippen LogP contribution in [0.5, 0.6) is 5.75 Å². The minimum Gasteiger partial charge on any atom is -0.490 e. The summed E-state index contributed by atoms with van der Waals surface area (Å²) in [7, 11) is 2.03. The van der Waals surface area contributed by atoms with Crippen LogP contribution in [0, 0.1) is 11.6 Å². The number of halogens is 2. The first-order valence-corrected chi connectivity index (χ1v) is 9.25. The number of carboxylic acids is 2. The van der Waals surface area contributed by atoms with Crippen molar-refractivity contribution in [2.24, 2.45) is 0 Å². The summed E-state index contributed by atoms with van der Waals surface area (Å²) in [5, 5.41) is 15.6. The van der Waals surface area contributed by atoms with E-state index in [0.717, 1.165) is 19.5 Å². The zero-order chi connectivity index (χ0) is 22.1. The van der Waals surface area contributed by atoms with Crippen molar-refractivity contribution in [2.75, 3.05) is 20.1 Å². The van der Waals surface area contributed by atoms with Crippen LogP contribution in [0.3, 0.4) is 0 Å². The third-order valence-electron chi connectivity index (χ3n) is 4.53. The molecule has 1 saturated heterocycles. The van der Waals surface area contributed by atoms with Crippen LogP contribution in [0.15, 0.2) is 60.7 Å². The van der Waals surface area contributed by atoms with Gasteiger partial charge in [-0.05, 0) is 49.4 Å². The molecular formula is C22H23F2NO5. The van der Waals surface area contributed by atoms with Gasteiger partial charge in [0.1, 0.15) is 23.5 Å². The van der Waals surface area contributed by atoms with Crippen LogP contribution in [0.2, 0.25) is 0 Å². The average Bonchev–Trinajstić information content (AvgIpc) is 2.70. The highest BCUT2D eigenvalue weighted by Gasteiger charge is 2.32. The van der Waals surface area contributed by atoms with E-state index in [1.165, 1.54) is 18.2 Å². The molecule has 0 spiro atoms. The maximum atomic E-state index is 14.1. The van der Waals surface area contributed by atoms with Gasteiger partial charge >= 0.3 is 11.9 Å². The predicted molar refractivity (Wildman–Crippen MR) is 106 cm³/mol. The molecule has 0 unspecified atom stereocenters. The second-order valence-electron chi connectivity index (χ2n) is 6.80. The standard InChI is InChI=1S/C18H19F2NO.C4H4O4/c1-21-11-10-18(22-14-8-6-13(19)7-9-14)16(12-21)15-4-2-3-5-17(15)20;5-3(6)1-2-4(7)8/h2-9,16,18H,10-12H2,1H3;1-2H,(H,5,6)(H,7,8)/b;2-1+/t16-,18+;/m1./s1. The lowest BCUT2D eigenvalue weighted by molar-refractivity contribution is -0.134. The molecule has 1 fully saturated rings. The van der Waals surface area contributed by atoms with Crippen LogP contribution < -0.4 is 4.74 Å². The van der Waals surface area contributed by atoms with Crippen molar-refractivity contribution < 1.29 is 33.3 Å². The first kappa shape index (κ1) is 23.0. The highest BCUT2D eigenvalue weighted by atomic mass is 19.1. The molecule has 0 saturated carbocycles. The summed E-state index contributed by atoms with van der Waals surface area (Å²) in [5.41, 5.74) is 0.682. The van der Waals surface area contributed by atoms with E-state index in [-0.39, 0.29) is 23.7 Å². The number of nitrogens with zero attached hydrogens (tertiary/aromatic N) is 1. The van der Waals surface area contributed by atoms with E-state index in [1.807, 2.05) is 19.2 Å². The molecule has 2 aromatic carbocycles. The molecule has 8 heteroatoms. The second kappa shape index (κ2) is 11.1. The Bertz CT molecular complexity index is 869. The fourth-order valence-corrected chi connectivity index (χ4v) is 3.14. The van der Waals surface area contributed by atoms with Crippen molar-refractivity contribution in [2.45, 2.75) is 18.4 Å². The van der Waals surface area contributed by atoms with E-state index in [1.54, 1.807) is 18.2 Å². The number of likely N-dealkylation sites (tertiary alicyclic amines) is 1. The number of likely N-dealkylation sites (N-methyl/N-ethyl adjacent to an activating group) is 1. The molecule has 1 heterocycles. The van der Waals surface area contributed by atoms with Gasteiger partial charge in [-0.1, -0.05) is 18.2 Å². The maximum absolute atomic E-state index is 14.1. The highest BCUT2D eigenvalue weighted by molar-refractivity contribution is 5.89. The van der Waals surface area contributed by atoms with E-state index in [2.05, 4.69) is 4.90 Å². The molecule has 2 aromatic rings. The van der Waals surface area contributed by atoms with Gasteiger partial charge in [0.15, 0.2) is 0 Å². The Hall–Kier alpha value is -3.26. The predicted octanol–water partition coefficient (Wildman–Crippen LogP) is 3.54. The molecule has 0 radical (unpaired) electrons. The zero-order valence-electron chi connectivity index (χ0n) is 16.4. The molecule has 1 aliphatic heterocycles. The zero-order valence-corrected chi connectivity index (χ0v) is 16.4. The van der Waals surface area contributed by atoms with Gasteiger partial charge in [-0.3, -0.25) is 0 Å². The molecule has 0 amide bonds. The van der Waals surface area contributed by atoms with Crippen LogP contribution >= 0.6 is 0 Å². The van der Waals surface area contributed by atoms with E-state index in [9.17, 15) is 18.4 Å². The van der Waals surface area contributed by atoms with Gasteiger partial charge in [0.05, 0.1) is 0 Å². The summed E-state index contributed by atoms with van der Waals surface area (Å²) >= 11 is 0. The maximum Gasteiger partial charge on any atom is 0.328 e. The largest absolute Gasteiger partial charge is 0.490 e. The Morgan fingerprint density at radius 1 is 1.03 bits per heavy atom. The van der Waals surface area contributed by atoms with Crippen LogP contribution in [0.1, 0.15) is 17.9 Å². The van der Waals surface area contributed by atoms with Gasteiger partial charge in [0.25, 0.3) is 0 Å². The number of carbonyl (C=O) groups is 2. The van der Waals surface area contributed by atoms with Gasteiger partial charge in [-0.25, -0.2) is 18.4 Å². The molecule has 1 aliphatic rings. The van der Waals surface area contributed by atoms with Crippen LogP contribution in [0.4, 0.5) is 8.78 Å². The number of benzene rings is 2. The quantitative estimate of drug-likeness (QED) is 0.721. The van der Waals surface area contributed by atoms with Gasteiger partial charge in [0, 0.05) is 31.2 Å². The summed E-state index contributed by atoms with van der Waals surface area (Å²) in [4.78, 5) is 21.3. The molecule has 160 valence electrons. The smallest absolute Gasteiger partial charge is 0.328 e. The van der Waals surface area contributed by atoms with E-state index < -0.39 is 11.9 Å². The summed E-state index contributed by atoms with van der Waals surface area (Å²) in [6.45, 7) is 1.64. The van der Waals surface area contributed by atoms with Crippen molar-refractivity contribution in [1.82, 2.24) is 4.90 Å². The lowest BCUT2D eigenvalue weighted by atomic mass is 9.87. The first-order chi connectivity index (χ1) is 14.3. The molecule has 30 heavy (non-hydrogen) atoms. The Morgan fingerprint density at radius 2 is 1.63 bits per heavy atom. The van der Waals surface area contributed by atoms with Gasteiger partial charge in [-0.15, -0.1) is 0 Å². The van der Waals surface area contributed by atoms with E-state index in [4.69, 9.17) is 14.9 Å². The number of hydrogen-bond donors (Lipinski definition) is 2. The van der Waals surface area contributed by atoms with E-state index in [0.29, 0.717) is 23.5 Å². The highest BCUT2D eigenvalue weighted by Crippen LogP contribution is 2.31. The number of piperidine rings is 1. The van der Waals surface area contributed by atoms with Crippen molar-refractivity contribution in [1.29, 1.82) is 0 Å². The number of rotatable bonds is 5. The first-order valence-electron chi connectivity index (χ1n) is 9.25. The molecule has 0 aliphatic carbocycles. The lowest BCUT2D eigenvalue weighted by Crippen LogP contribution is -2.42.